The third-order valence-electron chi connectivity index (χ3n) is 3.82. The van der Waals surface area contributed by atoms with Gasteiger partial charge in [0.05, 0.1) is 16.7 Å². The van der Waals surface area contributed by atoms with Gasteiger partial charge in [0, 0.05) is 10.9 Å². The molecule has 1 heterocycles. The van der Waals surface area contributed by atoms with Crippen LogP contribution in [-0.2, 0) is 6.61 Å². The van der Waals surface area contributed by atoms with Crippen molar-refractivity contribution in [2.45, 2.75) is 26.5 Å². The van der Waals surface area contributed by atoms with Gasteiger partial charge in [-0.05, 0) is 43.7 Å². The van der Waals surface area contributed by atoms with Gasteiger partial charge in [0.15, 0.2) is 0 Å². The van der Waals surface area contributed by atoms with Crippen molar-refractivity contribution in [1.82, 2.24) is 10.3 Å². The summed E-state index contributed by atoms with van der Waals surface area (Å²) < 4.78 is 5.70. The van der Waals surface area contributed by atoms with Gasteiger partial charge in [-0.15, -0.1) is 11.3 Å². The normalized spacial score (nSPS) is 11.8. The summed E-state index contributed by atoms with van der Waals surface area (Å²) in [5.41, 5.74) is 2.61. The number of aromatic nitrogens is 1. The van der Waals surface area contributed by atoms with E-state index in [1.54, 1.807) is 35.6 Å². The largest absolute Gasteiger partial charge is 0.487 e. The summed E-state index contributed by atoms with van der Waals surface area (Å²) in [7, 11) is 0. The van der Waals surface area contributed by atoms with Crippen LogP contribution in [-0.4, -0.2) is 10.9 Å². The molecule has 2 aromatic carbocycles. The molecule has 1 N–H and O–H groups in total. The molecule has 0 saturated heterocycles. The molecule has 3 aromatic rings. The van der Waals surface area contributed by atoms with Gasteiger partial charge in [0.25, 0.3) is 5.91 Å². The fraction of sp³-hybridized carbons (Fsp3) is 0.200. The molecule has 0 fully saturated rings. The summed E-state index contributed by atoms with van der Waals surface area (Å²) in [5.74, 6) is 0.622. The molecule has 1 unspecified atom stereocenters. The minimum atomic E-state index is -0.0990. The van der Waals surface area contributed by atoms with Crippen molar-refractivity contribution >= 4 is 17.2 Å². The van der Waals surface area contributed by atoms with Crippen LogP contribution in [0.4, 0.5) is 0 Å². The Kier molecular flexibility index (Phi) is 5.46. The Hall–Kier alpha value is -2.66. The van der Waals surface area contributed by atoms with Crippen molar-refractivity contribution in [3.63, 3.8) is 0 Å². The second-order valence-corrected chi connectivity index (χ2v) is 6.84. The van der Waals surface area contributed by atoms with Crippen molar-refractivity contribution in [1.29, 1.82) is 0 Å². The SMILES string of the molecule is Cc1nc(COc2ccc(C(=O)NC(C)c3ccccc3)cc2)cs1. The van der Waals surface area contributed by atoms with Gasteiger partial charge in [-0.25, -0.2) is 4.98 Å². The third kappa shape index (κ3) is 4.67. The Morgan fingerprint density at radius 3 is 2.52 bits per heavy atom. The highest BCUT2D eigenvalue weighted by Gasteiger charge is 2.11. The summed E-state index contributed by atoms with van der Waals surface area (Å²) >= 11 is 1.61. The molecule has 1 aromatic heterocycles. The van der Waals surface area contributed by atoms with E-state index in [0.717, 1.165) is 22.0 Å². The molecule has 0 aliphatic rings. The Morgan fingerprint density at radius 2 is 1.88 bits per heavy atom. The van der Waals surface area contributed by atoms with Crippen molar-refractivity contribution in [3.8, 4) is 5.75 Å². The molecular weight excluding hydrogens is 332 g/mol. The van der Waals surface area contributed by atoms with Gasteiger partial charge < -0.3 is 10.1 Å². The van der Waals surface area contributed by atoms with Gasteiger partial charge in [0.1, 0.15) is 12.4 Å². The topological polar surface area (TPSA) is 51.2 Å². The van der Waals surface area contributed by atoms with Crippen molar-refractivity contribution in [2.24, 2.45) is 0 Å². The maximum absolute atomic E-state index is 12.4. The highest BCUT2D eigenvalue weighted by molar-refractivity contribution is 7.09. The quantitative estimate of drug-likeness (QED) is 0.709. The molecule has 1 atom stereocenters. The lowest BCUT2D eigenvalue weighted by atomic mass is 10.1. The predicted molar refractivity (Wildman–Crippen MR) is 99.9 cm³/mol. The Balaban J connectivity index is 1.57. The van der Waals surface area contributed by atoms with E-state index >= 15 is 0 Å². The summed E-state index contributed by atoms with van der Waals surface area (Å²) in [6, 6.07) is 17.0. The van der Waals surface area contributed by atoms with Gasteiger partial charge in [-0.3, -0.25) is 4.79 Å². The Labute approximate surface area is 151 Å². The first-order valence-electron chi connectivity index (χ1n) is 8.11. The lowest BCUT2D eigenvalue weighted by molar-refractivity contribution is 0.0940. The number of nitrogens with one attached hydrogen (secondary N) is 1. The number of hydrogen-bond donors (Lipinski definition) is 1. The van der Waals surface area contributed by atoms with Gasteiger partial charge in [-0.2, -0.15) is 0 Å². The Bertz CT molecular complexity index is 828. The maximum Gasteiger partial charge on any atom is 0.251 e. The zero-order valence-electron chi connectivity index (χ0n) is 14.2. The number of carbonyl (C=O) groups excluding carboxylic acids is 1. The molecule has 0 bridgehead atoms. The number of amides is 1. The average molecular weight is 352 g/mol. The summed E-state index contributed by atoms with van der Waals surface area (Å²) in [5, 5.41) is 6.02. The fourth-order valence-electron chi connectivity index (χ4n) is 2.44. The highest BCUT2D eigenvalue weighted by Crippen LogP contribution is 2.17. The van der Waals surface area contributed by atoms with Crippen LogP contribution in [0.25, 0.3) is 0 Å². The third-order valence-corrected chi connectivity index (χ3v) is 4.64. The van der Waals surface area contributed by atoms with E-state index in [4.69, 9.17) is 4.74 Å². The molecule has 0 radical (unpaired) electrons. The number of carbonyl (C=O) groups is 1. The van der Waals surface area contributed by atoms with Crippen LogP contribution >= 0.6 is 11.3 Å². The van der Waals surface area contributed by atoms with Crippen LogP contribution in [0.1, 0.15) is 39.6 Å². The minimum Gasteiger partial charge on any atom is -0.487 e. The van der Waals surface area contributed by atoms with E-state index in [-0.39, 0.29) is 11.9 Å². The molecule has 0 spiro atoms. The molecule has 3 rings (SSSR count). The van der Waals surface area contributed by atoms with Gasteiger partial charge in [0.2, 0.25) is 0 Å². The van der Waals surface area contributed by atoms with Crippen LogP contribution in [0, 0.1) is 6.92 Å². The van der Waals surface area contributed by atoms with Crippen molar-refractivity contribution < 1.29 is 9.53 Å². The standard InChI is InChI=1S/C20H20N2O2S/c1-14(16-6-4-3-5-7-16)21-20(23)17-8-10-19(11-9-17)24-12-18-13-25-15(2)22-18/h3-11,13-14H,12H2,1-2H3,(H,21,23). The number of hydrogen-bond acceptors (Lipinski definition) is 4. The van der Waals surface area contributed by atoms with Crippen LogP contribution in [0.15, 0.2) is 60.0 Å². The first-order chi connectivity index (χ1) is 12.1. The molecule has 5 heteroatoms. The van der Waals surface area contributed by atoms with E-state index in [1.807, 2.05) is 49.6 Å². The predicted octanol–water partition coefficient (Wildman–Crippen LogP) is 4.52. The number of rotatable bonds is 6. The molecule has 1 amide bonds. The van der Waals surface area contributed by atoms with E-state index in [1.165, 1.54) is 0 Å². The summed E-state index contributed by atoms with van der Waals surface area (Å²) in [6.07, 6.45) is 0. The summed E-state index contributed by atoms with van der Waals surface area (Å²) in [6.45, 7) is 4.37. The molecule has 4 nitrogen and oxygen atoms in total. The average Bonchev–Trinajstić information content (AvgIpc) is 3.06. The second-order valence-electron chi connectivity index (χ2n) is 5.78. The number of thiazole rings is 1. The number of benzene rings is 2. The fourth-order valence-corrected chi connectivity index (χ4v) is 3.04. The zero-order valence-corrected chi connectivity index (χ0v) is 15.0. The zero-order chi connectivity index (χ0) is 17.6. The monoisotopic (exact) mass is 352 g/mol. The van der Waals surface area contributed by atoms with Crippen LogP contribution in [0.2, 0.25) is 0 Å². The molecule has 128 valence electrons. The van der Waals surface area contributed by atoms with Crippen molar-refractivity contribution in [2.75, 3.05) is 0 Å². The van der Waals surface area contributed by atoms with Crippen LogP contribution < -0.4 is 10.1 Å². The van der Waals surface area contributed by atoms with E-state index in [9.17, 15) is 4.79 Å². The van der Waals surface area contributed by atoms with E-state index in [2.05, 4.69) is 10.3 Å². The maximum atomic E-state index is 12.4. The first kappa shape index (κ1) is 17.2. The van der Waals surface area contributed by atoms with E-state index < -0.39 is 0 Å². The first-order valence-corrected chi connectivity index (χ1v) is 8.99. The number of ether oxygens (including phenoxy) is 1. The lowest BCUT2D eigenvalue weighted by Crippen LogP contribution is -2.26. The van der Waals surface area contributed by atoms with Gasteiger partial charge >= 0.3 is 0 Å². The van der Waals surface area contributed by atoms with Crippen LogP contribution in [0.5, 0.6) is 5.75 Å². The molecule has 0 aliphatic carbocycles. The van der Waals surface area contributed by atoms with Crippen molar-refractivity contribution in [3.05, 3.63) is 81.8 Å². The molecular formula is C20H20N2O2S. The second kappa shape index (κ2) is 7.94. The molecule has 0 saturated carbocycles. The molecule has 25 heavy (non-hydrogen) atoms. The smallest absolute Gasteiger partial charge is 0.251 e. The Morgan fingerprint density at radius 1 is 1.16 bits per heavy atom. The van der Waals surface area contributed by atoms with Crippen LogP contribution in [0.3, 0.4) is 0 Å². The minimum absolute atomic E-state index is 0.0440. The highest BCUT2D eigenvalue weighted by atomic mass is 32.1. The number of aryl methyl sites for hydroxylation is 1. The molecule has 0 aliphatic heterocycles. The lowest BCUT2D eigenvalue weighted by Gasteiger charge is -2.14. The van der Waals surface area contributed by atoms with E-state index in [0.29, 0.717) is 12.2 Å². The van der Waals surface area contributed by atoms with Gasteiger partial charge in [-0.1, -0.05) is 30.3 Å². The summed E-state index contributed by atoms with van der Waals surface area (Å²) in [4.78, 5) is 16.7. The number of nitrogens with zero attached hydrogens (tertiary/aromatic N) is 1.